The van der Waals surface area contributed by atoms with Crippen LogP contribution in [-0.2, 0) is 4.74 Å². The maximum atomic E-state index is 5.17. The normalized spacial score (nSPS) is 12.7. The average Bonchev–Trinajstić information content (AvgIpc) is 2.43. The molecule has 18 heavy (non-hydrogen) atoms. The number of para-hydroxylation sites is 1. The largest absolute Gasteiger partial charge is 0.384 e. The van der Waals surface area contributed by atoms with E-state index >= 15 is 0 Å². The molecule has 1 rings (SSSR count). The molecule has 1 atom stereocenters. The Morgan fingerprint density at radius 2 is 1.94 bits per heavy atom. The first-order valence-corrected chi connectivity index (χ1v) is 6.79. The van der Waals surface area contributed by atoms with Crippen molar-refractivity contribution in [2.45, 2.75) is 26.3 Å². The summed E-state index contributed by atoms with van der Waals surface area (Å²) in [5, 5.41) is 3.45. The zero-order valence-electron chi connectivity index (χ0n) is 11.9. The van der Waals surface area contributed by atoms with E-state index < -0.39 is 0 Å². The summed E-state index contributed by atoms with van der Waals surface area (Å²) >= 11 is 0. The van der Waals surface area contributed by atoms with Crippen molar-refractivity contribution in [3.8, 4) is 0 Å². The van der Waals surface area contributed by atoms with Crippen LogP contribution in [0.25, 0.3) is 0 Å². The predicted molar refractivity (Wildman–Crippen MR) is 78.1 cm³/mol. The minimum atomic E-state index is 0.609. The molecule has 0 aliphatic rings. The van der Waals surface area contributed by atoms with Crippen molar-refractivity contribution in [1.29, 1.82) is 0 Å². The summed E-state index contributed by atoms with van der Waals surface area (Å²) < 4.78 is 5.17. The third-order valence-corrected chi connectivity index (χ3v) is 3.30. The van der Waals surface area contributed by atoms with Crippen molar-refractivity contribution in [3.63, 3.8) is 0 Å². The van der Waals surface area contributed by atoms with Crippen LogP contribution < -0.4 is 5.32 Å². The summed E-state index contributed by atoms with van der Waals surface area (Å²) in [4.78, 5) is 2.47. The van der Waals surface area contributed by atoms with Gasteiger partial charge in [-0.25, -0.2) is 0 Å². The average molecular weight is 250 g/mol. The molecule has 0 aromatic heterocycles. The van der Waals surface area contributed by atoms with E-state index in [1.54, 1.807) is 7.11 Å². The highest BCUT2D eigenvalue weighted by molar-refractivity contribution is 5.42. The molecule has 0 aliphatic heterocycles. The van der Waals surface area contributed by atoms with Crippen molar-refractivity contribution < 1.29 is 4.74 Å². The first-order valence-electron chi connectivity index (χ1n) is 6.79. The second-order valence-corrected chi connectivity index (χ2v) is 4.58. The molecule has 0 fully saturated rings. The van der Waals surface area contributed by atoms with E-state index in [0.717, 1.165) is 26.2 Å². The highest BCUT2D eigenvalue weighted by Gasteiger charge is 2.10. The number of hydrogen-bond acceptors (Lipinski definition) is 3. The van der Waals surface area contributed by atoms with Crippen LogP contribution >= 0.6 is 0 Å². The standard InChI is InChI=1S/C15H26N2O/c1-4-14(2)17(12-13-18-3)11-10-16-15-8-6-5-7-9-15/h5-9,14,16H,4,10-13H2,1-3H3. The molecular weight excluding hydrogens is 224 g/mol. The number of benzene rings is 1. The maximum absolute atomic E-state index is 5.17. The first kappa shape index (κ1) is 15.0. The summed E-state index contributed by atoms with van der Waals surface area (Å²) in [6.07, 6.45) is 1.18. The lowest BCUT2D eigenvalue weighted by atomic mass is 10.2. The second kappa shape index (κ2) is 8.95. The summed E-state index contributed by atoms with van der Waals surface area (Å²) in [5.41, 5.74) is 1.19. The third-order valence-electron chi connectivity index (χ3n) is 3.30. The van der Waals surface area contributed by atoms with E-state index in [0.29, 0.717) is 6.04 Å². The van der Waals surface area contributed by atoms with E-state index in [1.165, 1.54) is 12.1 Å². The number of nitrogens with one attached hydrogen (secondary N) is 1. The molecule has 3 nitrogen and oxygen atoms in total. The van der Waals surface area contributed by atoms with Crippen molar-refractivity contribution >= 4 is 5.69 Å². The lowest BCUT2D eigenvalue weighted by Crippen LogP contribution is -2.38. The van der Waals surface area contributed by atoms with Crippen LogP contribution in [0.1, 0.15) is 20.3 Å². The van der Waals surface area contributed by atoms with E-state index in [2.05, 4.69) is 48.3 Å². The van der Waals surface area contributed by atoms with Crippen molar-refractivity contribution in [1.82, 2.24) is 4.90 Å². The molecule has 1 aromatic rings. The van der Waals surface area contributed by atoms with Gasteiger partial charge in [0.2, 0.25) is 0 Å². The number of nitrogens with zero attached hydrogens (tertiary/aromatic N) is 1. The zero-order chi connectivity index (χ0) is 13.2. The van der Waals surface area contributed by atoms with Gasteiger partial charge in [-0.2, -0.15) is 0 Å². The number of hydrogen-bond donors (Lipinski definition) is 1. The molecule has 1 aromatic carbocycles. The number of methoxy groups -OCH3 is 1. The van der Waals surface area contributed by atoms with Crippen LogP contribution in [0, 0.1) is 0 Å². The molecule has 102 valence electrons. The fourth-order valence-electron chi connectivity index (χ4n) is 1.92. The van der Waals surface area contributed by atoms with Crippen LogP contribution in [-0.4, -0.2) is 44.3 Å². The molecule has 0 saturated heterocycles. The topological polar surface area (TPSA) is 24.5 Å². The van der Waals surface area contributed by atoms with Gasteiger partial charge in [0.05, 0.1) is 6.61 Å². The molecule has 1 unspecified atom stereocenters. The fraction of sp³-hybridized carbons (Fsp3) is 0.600. The first-order chi connectivity index (χ1) is 8.77. The summed E-state index contributed by atoms with van der Waals surface area (Å²) in [6.45, 7) is 8.33. The maximum Gasteiger partial charge on any atom is 0.0589 e. The summed E-state index contributed by atoms with van der Waals surface area (Å²) in [6, 6.07) is 11.0. The highest BCUT2D eigenvalue weighted by Crippen LogP contribution is 2.06. The quantitative estimate of drug-likeness (QED) is 0.729. The smallest absolute Gasteiger partial charge is 0.0589 e. The molecule has 1 N–H and O–H groups in total. The van der Waals surface area contributed by atoms with Gasteiger partial charge in [-0.15, -0.1) is 0 Å². The van der Waals surface area contributed by atoms with Crippen LogP contribution in [0.3, 0.4) is 0 Å². The fourth-order valence-corrected chi connectivity index (χ4v) is 1.92. The van der Waals surface area contributed by atoms with Gasteiger partial charge in [0.25, 0.3) is 0 Å². The van der Waals surface area contributed by atoms with E-state index in [9.17, 15) is 0 Å². The predicted octanol–water partition coefficient (Wildman–Crippen LogP) is 2.85. The Hall–Kier alpha value is -1.06. The van der Waals surface area contributed by atoms with Crippen molar-refractivity contribution in [2.75, 3.05) is 38.7 Å². The van der Waals surface area contributed by atoms with Crippen molar-refractivity contribution in [3.05, 3.63) is 30.3 Å². The Morgan fingerprint density at radius 3 is 2.56 bits per heavy atom. The molecule has 0 amide bonds. The summed E-state index contributed by atoms with van der Waals surface area (Å²) in [7, 11) is 1.76. The van der Waals surface area contributed by atoms with E-state index in [-0.39, 0.29) is 0 Å². The van der Waals surface area contributed by atoms with Gasteiger partial charge in [0.15, 0.2) is 0 Å². The lowest BCUT2D eigenvalue weighted by molar-refractivity contribution is 0.126. The Bertz CT molecular complexity index is 303. The second-order valence-electron chi connectivity index (χ2n) is 4.58. The summed E-state index contributed by atoms with van der Waals surface area (Å²) in [5.74, 6) is 0. The van der Waals surface area contributed by atoms with Gasteiger partial charge >= 0.3 is 0 Å². The third kappa shape index (κ3) is 5.52. The van der Waals surface area contributed by atoms with E-state index in [4.69, 9.17) is 4.74 Å². The van der Waals surface area contributed by atoms with Gasteiger partial charge in [-0.1, -0.05) is 25.1 Å². The Balaban J connectivity index is 2.32. The number of anilines is 1. The van der Waals surface area contributed by atoms with Gasteiger partial charge in [-0.05, 0) is 25.5 Å². The molecule has 0 spiro atoms. The molecule has 0 heterocycles. The molecular formula is C15H26N2O. The monoisotopic (exact) mass is 250 g/mol. The lowest BCUT2D eigenvalue weighted by Gasteiger charge is -2.28. The molecule has 3 heteroatoms. The SMILES string of the molecule is CCC(C)N(CCNc1ccccc1)CCOC. The van der Waals surface area contributed by atoms with Crippen molar-refractivity contribution in [2.24, 2.45) is 0 Å². The molecule has 0 bridgehead atoms. The van der Waals surface area contributed by atoms with Crippen LogP contribution in [0.4, 0.5) is 5.69 Å². The van der Waals surface area contributed by atoms with Crippen LogP contribution in [0.15, 0.2) is 30.3 Å². The van der Waals surface area contributed by atoms with Crippen LogP contribution in [0.5, 0.6) is 0 Å². The molecule has 0 aliphatic carbocycles. The minimum Gasteiger partial charge on any atom is -0.384 e. The Kier molecular flexibility index (Phi) is 7.46. The number of ether oxygens (including phenoxy) is 1. The minimum absolute atomic E-state index is 0.609. The van der Waals surface area contributed by atoms with Gasteiger partial charge in [0.1, 0.15) is 0 Å². The Labute approximate surface area is 111 Å². The molecule has 0 radical (unpaired) electrons. The van der Waals surface area contributed by atoms with Gasteiger partial charge < -0.3 is 10.1 Å². The van der Waals surface area contributed by atoms with Gasteiger partial charge in [-0.3, -0.25) is 4.90 Å². The Morgan fingerprint density at radius 1 is 1.22 bits per heavy atom. The molecule has 0 saturated carbocycles. The highest BCUT2D eigenvalue weighted by atomic mass is 16.5. The zero-order valence-corrected chi connectivity index (χ0v) is 11.9. The van der Waals surface area contributed by atoms with Gasteiger partial charge in [0, 0.05) is 38.5 Å². The number of rotatable bonds is 9. The van der Waals surface area contributed by atoms with Crippen LogP contribution in [0.2, 0.25) is 0 Å². The van der Waals surface area contributed by atoms with E-state index in [1.807, 2.05) is 6.07 Å².